The van der Waals surface area contributed by atoms with Crippen LogP contribution in [0.5, 0.6) is 0 Å². The van der Waals surface area contributed by atoms with Gasteiger partial charge in [0.25, 0.3) is 0 Å². The van der Waals surface area contributed by atoms with Crippen LogP contribution in [0.1, 0.15) is 54.4 Å². The monoisotopic (exact) mass is 508 g/mol. The molecule has 1 aromatic heterocycles. The lowest BCUT2D eigenvalue weighted by Crippen LogP contribution is -2.38. The summed E-state index contributed by atoms with van der Waals surface area (Å²) in [5.41, 5.74) is -1.45. The lowest BCUT2D eigenvalue weighted by Gasteiger charge is -2.41. The molecule has 3 atom stereocenters. The van der Waals surface area contributed by atoms with E-state index in [1.165, 1.54) is 6.07 Å². The molecule has 1 fully saturated rings. The standard InChI is InChI=1S/C26H22F6N2O2/c1-24-11-10-14-15(3-8-20-16(14)4-9-22(35)33-20)17(24)6-7-19(24)23(36)34-21-12-13(25(27,28)29)2-5-18(21)26(30,31)32/h2-5,8-9,12,17,19H,6-7,10-11H2,1H3,(H,33,35)(H,34,36). The van der Waals surface area contributed by atoms with Gasteiger partial charge in [0.1, 0.15) is 0 Å². The maximum Gasteiger partial charge on any atom is 0.418 e. The predicted octanol–water partition coefficient (Wildman–Crippen LogP) is 6.65. The number of halogens is 6. The Kier molecular flexibility index (Phi) is 5.50. The number of fused-ring (bicyclic) bond motifs is 5. The number of alkyl halides is 6. The number of benzene rings is 2. The summed E-state index contributed by atoms with van der Waals surface area (Å²) in [4.78, 5) is 27.8. The molecule has 3 aromatic rings. The highest BCUT2D eigenvalue weighted by atomic mass is 19.4. The Hall–Kier alpha value is -3.30. The Balaban J connectivity index is 1.48. The quantitative estimate of drug-likeness (QED) is 0.381. The molecule has 1 saturated carbocycles. The summed E-state index contributed by atoms with van der Waals surface area (Å²) < 4.78 is 80.1. The van der Waals surface area contributed by atoms with Crippen LogP contribution in [0.25, 0.3) is 10.9 Å². The minimum Gasteiger partial charge on any atom is -0.325 e. The number of amides is 1. The molecule has 4 nitrogen and oxygen atoms in total. The largest absolute Gasteiger partial charge is 0.418 e. The molecule has 2 aliphatic rings. The molecule has 2 aromatic carbocycles. The number of aromatic nitrogens is 1. The van der Waals surface area contributed by atoms with Crippen LogP contribution in [0.15, 0.2) is 47.3 Å². The summed E-state index contributed by atoms with van der Waals surface area (Å²) >= 11 is 0. The van der Waals surface area contributed by atoms with Crippen LogP contribution >= 0.6 is 0 Å². The molecule has 1 heterocycles. The van der Waals surface area contributed by atoms with E-state index in [4.69, 9.17) is 0 Å². The van der Waals surface area contributed by atoms with Crippen molar-refractivity contribution >= 4 is 22.5 Å². The highest BCUT2D eigenvalue weighted by molar-refractivity contribution is 5.94. The van der Waals surface area contributed by atoms with Crippen LogP contribution in [0.3, 0.4) is 0 Å². The topological polar surface area (TPSA) is 62.0 Å². The van der Waals surface area contributed by atoms with Gasteiger partial charge in [0.15, 0.2) is 0 Å². The van der Waals surface area contributed by atoms with Crippen molar-refractivity contribution in [2.75, 3.05) is 5.32 Å². The van der Waals surface area contributed by atoms with Crippen LogP contribution in [0.2, 0.25) is 0 Å². The fourth-order valence-corrected chi connectivity index (χ4v) is 6.13. The third-order valence-electron chi connectivity index (χ3n) is 7.90. The Morgan fingerprint density at radius 1 is 1.00 bits per heavy atom. The smallest absolute Gasteiger partial charge is 0.325 e. The second kappa shape index (κ2) is 8.11. The molecule has 2 aliphatic carbocycles. The zero-order chi connectivity index (χ0) is 26.0. The van der Waals surface area contributed by atoms with Gasteiger partial charge in [0.05, 0.1) is 16.8 Å². The number of carbonyl (C=O) groups excluding carboxylic acids is 1. The first-order valence-electron chi connectivity index (χ1n) is 11.5. The number of anilines is 1. The molecule has 0 aliphatic heterocycles. The molecule has 2 N–H and O–H groups in total. The molecule has 3 unspecified atom stereocenters. The van der Waals surface area contributed by atoms with Crippen LogP contribution in [0, 0.1) is 11.3 Å². The minimum atomic E-state index is -4.93. The lowest BCUT2D eigenvalue weighted by molar-refractivity contribution is -0.141. The molecule has 36 heavy (non-hydrogen) atoms. The van der Waals surface area contributed by atoms with E-state index in [0.717, 1.165) is 16.5 Å². The van der Waals surface area contributed by atoms with E-state index in [0.29, 0.717) is 49.4 Å². The van der Waals surface area contributed by atoms with Crippen molar-refractivity contribution in [3.05, 3.63) is 75.1 Å². The minimum absolute atomic E-state index is 0.0445. The van der Waals surface area contributed by atoms with Crippen molar-refractivity contribution in [1.82, 2.24) is 4.98 Å². The molecule has 1 amide bonds. The maximum atomic E-state index is 13.5. The van der Waals surface area contributed by atoms with E-state index in [9.17, 15) is 35.9 Å². The number of carbonyl (C=O) groups is 1. The van der Waals surface area contributed by atoms with Gasteiger partial charge in [-0.15, -0.1) is 0 Å². The fraction of sp³-hybridized carbons (Fsp3) is 0.385. The maximum absolute atomic E-state index is 13.5. The lowest BCUT2D eigenvalue weighted by atomic mass is 9.63. The van der Waals surface area contributed by atoms with Gasteiger partial charge >= 0.3 is 12.4 Å². The SMILES string of the molecule is CC12CCc3c(ccc4[nH]c(=O)ccc34)C1CCC2C(=O)Nc1cc(C(F)(F)F)ccc1C(F)(F)F. The number of hydrogen-bond donors (Lipinski definition) is 2. The first kappa shape index (κ1) is 24.4. The first-order chi connectivity index (χ1) is 16.8. The third-order valence-corrected chi connectivity index (χ3v) is 7.90. The van der Waals surface area contributed by atoms with Crippen molar-refractivity contribution in [2.24, 2.45) is 11.3 Å². The second-order valence-electron chi connectivity index (χ2n) is 9.85. The van der Waals surface area contributed by atoms with E-state index >= 15 is 0 Å². The van der Waals surface area contributed by atoms with Gasteiger partial charge in [-0.3, -0.25) is 9.59 Å². The van der Waals surface area contributed by atoms with Gasteiger partial charge in [-0.25, -0.2) is 0 Å². The molecule has 0 saturated heterocycles. The summed E-state index contributed by atoms with van der Waals surface area (Å²) in [6, 6.07) is 8.01. The van der Waals surface area contributed by atoms with Gasteiger partial charge in [0, 0.05) is 22.9 Å². The Bertz CT molecular complexity index is 1420. The molecule has 190 valence electrons. The third kappa shape index (κ3) is 3.96. The van der Waals surface area contributed by atoms with Crippen LogP contribution < -0.4 is 10.9 Å². The van der Waals surface area contributed by atoms with Crippen molar-refractivity contribution in [1.29, 1.82) is 0 Å². The number of aryl methyl sites for hydroxylation is 1. The number of rotatable bonds is 2. The van der Waals surface area contributed by atoms with E-state index in [-0.39, 0.29) is 11.5 Å². The van der Waals surface area contributed by atoms with E-state index in [2.05, 4.69) is 10.3 Å². The summed E-state index contributed by atoms with van der Waals surface area (Å²) in [6.45, 7) is 1.92. The number of hydrogen-bond acceptors (Lipinski definition) is 2. The van der Waals surface area contributed by atoms with Crippen molar-refractivity contribution < 1.29 is 31.1 Å². The van der Waals surface area contributed by atoms with Gasteiger partial charge in [0.2, 0.25) is 11.5 Å². The number of H-pyrrole nitrogens is 1. The Labute approximate surface area is 201 Å². The van der Waals surface area contributed by atoms with E-state index in [1.807, 2.05) is 19.1 Å². The summed E-state index contributed by atoms with van der Waals surface area (Å²) in [5.74, 6) is -1.42. The molecule has 10 heteroatoms. The zero-order valence-corrected chi connectivity index (χ0v) is 19.1. The van der Waals surface area contributed by atoms with Crippen molar-refractivity contribution in [2.45, 2.75) is 50.9 Å². The van der Waals surface area contributed by atoms with Crippen molar-refractivity contribution in [3.63, 3.8) is 0 Å². The predicted molar refractivity (Wildman–Crippen MR) is 122 cm³/mol. The zero-order valence-electron chi connectivity index (χ0n) is 19.1. The molecule has 0 bridgehead atoms. The van der Waals surface area contributed by atoms with E-state index < -0.39 is 46.4 Å². The average Bonchev–Trinajstić information content (AvgIpc) is 3.14. The number of pyridine rings is 1. The van der Waals surface area contributed by atoms with Gasteiger partial charge in [-0.1, -0.05) is 13.0 Å². The summed E-state index contributed by atoms with van der Waals surface area (Å²) in [5, 5.41) is 3.11. The van der Waals surface area contributed by atoms with Crippen LogP contribution in [0.4, 0.5) is 32.0 Å². The highest BCUT2D eigenvalue weighted by Gasteiger charge is 2.52. The highest BCUT2D eigenvalue weighted by Crippen LogP contribution is 2.59. The van der Waals surface area contributed by atoms with E-state index in [1.54, 1.807) is 6.07 Å². The molecule has 0 radical (unpaired) electrons. The average molecular weight is 508 g/mol. The summed E-state index contributed by atoms with van der Waals surface area (Å²) in [7, 11) is 0. The van der Waals surface area contributed by atoms with Gasteiger partial charge in [-0.05, 0) is 78.5 Å². The number of nitrogens with one attached hydrogen (secondary N) is 2. The Morgan fingerprint density at radius 2 is 1.75 bits per heavy atom. The molecular weight excluding hydrogens is 486 g/mol. The van der Waals surface area contributed by atoms with Gasteiger partial charge < -0.3 is 10.3 Å². The van der Waals surface area contributed by atoms with Crippen molar-refractivity contribution in [3.8, 4) is 0 Å². The first-order valence-corrected chi connectivity index (χ1v) is 11.5. The second-order valence-corrected chi connectivity index (χ2v) is 9.85. The summed E-state index contributed by atoms with van der Waals surface area (Å²) in [6.07, 6.45) is -7.58. The normalized spacial score (nSPS) is 23.9. The molecular formula is C26H22F6N2O2. The van der Waals surface area contributed by atoms with Crippen LogP contribution in [-0.2, 0) is 23.6 Å². The Morgan fingerprint density at radius 3 is 2.44 bits per heavy atom. The van der Waals surface area contributed by atoms with Crippen LogP contribution in [-0.4, -0.2) is 10.9 Å². The fourth-order valence-electron chi connectivity index (χ4n) is 6.13. The van der Waals surface area contributed by atoms with Gasteiger partial charge in [-0.2, -0.15) is 26.3 Å². The molecule has 0 spiro atoms. The molecule has 5 rings (SSSR count). The number of aromatic amines is 1.